The van der Waals surface area contributed by atoms with Crippen LogP contribution in [0.5, 0.6) is 0 Å². The van der Waals surface area contributed by atoms with E-state index in [1.807, 2.05) is 30.3 Å². The Hall–Kier alpha value is -1.96. The lowest BCUT2D eigenvalue weighted by Gasteiger charge is -2.52. The second kappa shape index (κ2) is 7.13. The Bertz CT molecular complexity index is 826. The van der Waals surface area contributed by atoms with E-state index in [0.717, 1.165) is 17.7 Å². The molecule has 0 aliphatic carbocycles. The molecule has 0 spiro atoms. The summed E-state index contributed by atoms with van der Waals surface area (Å²) in [6, 6.07) is 12.0. The molecule has 7 heteroatoms. The summed E-state index contributed by atoms with van der Waals surface area (Å²) in [5.41, 5.74) is -1.51. The molecule has 2 saturated heterocycles. The number of aliphatic hydroxyl groups is 1. The van der Waals surface area contributed by atoms with Gasteiger partial charge in [0, 0.05) is 24.2 Å². The number of piperidine rings is 1. The Morgan fingerprint density at radius 2 is 1.68 bits per heavy atom. The molecule has 0 aromatic heterocycles. The highest BCUT2D eigenvalue weighted by atomic mass is 19.4. The molecule has 2 heterocycles. The molecular formula is C21H21F4NO2. The molecule has 0 saturated carbocycles. The van der Waals surface area contributed by atoms with Gasteiger partial charge < -0.3 is 9.84 Å². The van der Waals surface area contributed by atoms with Crippen molar-refractivity contribution < 1.29 is 27.4 Å². The van der Waals surface area contributed by atoms with Gasteiger partial charge in [-0.25, -0.2) is 4.39 Å². The van der Waals surface area contributed by atoms with Crippen molar-refractivity contribution in [1.82, 2.24) is 4.90 Å². The van der Waals surface area contributed by atoms with Crippen molar-refractivity contribution in [2.45, 2.75) is 43.2 Å². The molecule has 2 aromatic carbocycles. The van der Waals surface area contributed by atoms with Crippen LogP contribution < -0.4 is 0 Å². The normalized spacial score (nSPS) is 28.3. The van der Waals surface area contributed by atoms with Gasteiger partial charge in [0.1, 0.15) is 5.82 Å². The maximum atomic E-state index is 14.5. The third-order valence-electron chi connectivity index (χ3n) is 5.71. The molecule has 2 unspecified atom stereocenters. The highest BCUT2D eigenvalue weighted by Crippen LogP contribution is 2.43. The molecule has 0 amide bonds. The summed E-state index contributed by atoms with van der Waals surface area (Å²) in [6.45, 7) is 1.48. The zero-order chi connectivity index (χ0) is 19.9. The second-order valence-corrected chi connectivity index (χ2v) is 7.64. The number of nitrogens with zero attached hydrogens (tertiary/aromatic N) is 1. The van der Waals surface area contributed by atoms with E-state index in [1.54, 1.807) is 0 Å². The van der Waals surface area contributed by atoms with E-state index >= 15 is 0 Å². The maximum Gasteiger partial charge on any atom is 0.416 e. The van der Waals surface area contributed by atoms with Gasteiger partial charge in [0.2, 0.25) is 0 Å². The Kier molecular flexibility index (Phi) is 4.93. The van der Waals surface area contributed by atoms with Crippen LogP contribution in [0.25, 0.3) is 0 Å². The fraction of sp³-hybridized carbons (Fsp3) is 0.429. The zero-order valence-corrected chi connectivity index (χ0v) is 15.1. The van der Waals surface area contributed by atoms with Gasteiger partial charge in [-0.15, -0.1) is 0 Å². The fourth-order valence-corrected chi connectivity index (χ4v) is 4.39. The Morgan fingerprint density at radius 3 is 2.25 bits per heavy atom. The van der Waals surface area contributed by atoms with Crippen LogP contribution in [0, 0.1) is 5.82 Å². The standard InChI is InChI=1S/C21H21F4NO2/c22-19-8-15(21(23,24)25)6-7-18(19)20(27)9-16-12-28-13-17(10-20)26(16)11-14-4-2-1-3-5-14/h1-8,16-17,27H,9-13H2. The lowest BCUT2D eigenvalue weighted by molar-refractivity contribution is -0.151. The zero-order valence-electron chi connectivity index (χ0n) is 15.1. The molecule has 2 aliphatic rings. The van der Waals surface area contributed by atoms with Crippen molar-refractivity contribution >= 4 is 0 Å². The summed E-state index contributed by atoms with van der Waals surface area (Å²) in [4.78, 5) is 2.25. The summed E-state index contributed by atoms with van der Waals surface area (Å²) in [7, 11) is 0. The summed E-state index contributed by atoms with van der Waals surface area (Å²) in [5.74, 6) is -1.02. The van der Waals surface area contributed by atoms with Crippen molar-refractivity contribution in [1.29, 1.82) is 0 Å². The van der Waals surface area contributed by atoms with Gasteiger partial charge in [-0.3, -0.25) is 4.90 Å². The SMILES string of the molecule is OC1(c2ccc(C(F)(F)F)cc2F)CC2COCC(C1)N2Cc1ccccc1. The van der Waals surface area contributed by atoms with E-state index in [0.29, 0.717) is 25.8 Å². The topological polar surface area (TPSA) is 32.7 Å². The number of morpholine rings is 1. The molecule has 2 aliphatic heterocycles. The van der Waals surface area contributed by atoms with Crippen LogP contribution in [0.3, 0.4) is 0 Å². The van der Waals surface area contributed by atoms with Crippen molar-refractivity contribution in [3.05, 3.63) is 71.0 Å². The van der Waals surface area contributed by atoms with Gasteiger partial charge in [0.15, 0.2) is 0 Å². The number of halogens is 4. The van der Waals surface area contributed by atoms with Crippen LogP contribution in [-0.4, -0.2) is 35.3 Å². The largest absolute Gasteiger partial charge is 0.416 e. The number of hydrogen-bond acceptors (Lipinski definition) is 3. The molecule has 1 N–H and O–H groups in total. The maximum absolute atomic E-state index is 14.5. The number of benzene rings is 2. The van der Waals surface area contributed by atoms with Crippen LogP contribution in [0.15, 0.2) is 48.5 Å². The van der Waals surface area contributed by atoms with E-state index in [4.69, 9.17) is 4.74 Å². The van der Waals surface area contributed by atoms with E-state index in [-0.39, 0.29) is 30.5 Å². The third kappa shape index (κ3) is 3.66. The van der Waals surface area contributed by atoms with E-state index in [1.165, 1.54) is 0 Å². The number of ether oxygens (including phenoxy) is 1. The van der Waals surface area contributed by atoms with E-state index in [2.05, 4.69) is 4.90 Å². The van der Waals surface area contributed by atoms with Crippen LogP contribution in [0.1, 0.15) is 29.5 Å². The molecule has 150 valence electrons. The summed E-state index contributed by atoms with van der Waals surface area (Å²) in [5, 5.41) is 11.2. The molecule has 4 rings (SSSR count). The third-order valence-corrected chi connectivity index (χ3v) is 5.71. The first-order valence-corrected chi connectivity index (χ1v) is 9.23. The minimum atomic E-state index is -4.62. The highest BCUT2D eigenvalue weighted by Gasteiger charge is 2.48. The second-order valence-electron chi connectivity index (χ2n) is 7.64. The number of hydrogen-bond donors (Lipinski definition) is 1. The first-order valence-electron chi connectivity index (χ1n) is 9.23. The lowest BCUT2D eigenvalue weighted by atomic mass is 9.76. The van der Waals surface area contributed by atoms with Crippen LogP contribution in [0.2, 0.25) is 0 Å². The Labute approximate surface area is 160 Å². The van der Waals surface area contributed by atoms with Gasteiger partial charge in [-0.1, -0.05) is 36.4 Å². The fourth-order valence-electron chi connectivity index (χ4n) is 4.39. The molecule has 28 heavy (non-hydrogen) atoms. The van der Waals surface area contributed by atoms with Crippen molar-refractivity contribution in [2.75, 3.05) is 13.2 Å². The molecule has 2 bridgehead atoms. The Balaban J connectivity index is 1.59. The summed E-state index contributed by atoms with van der Waals surface area (Å²) in [6.07, 6.45) is -4.21. The molecule has 2 fully saturated rings. The molecular weight excluding hydrogens is 374 g/mol. The quantitative estimate of drug-likeness (QED) is 0.795. The molecule has 2 atom stereocenters. The average molecular weight is 395 g/mol. The van der Waals surface area contributed by atoms with Crippen molar-refractivity contribution in [3.8, 4) is 0 Å². The van der Waals surface area contributed by atoms with E-state index < -0.39 is 23.2 Å². The smallest absolute Gasteiger partial charge is 0.385 e. The first-order chi connectivity index (χ1) is 13.3. The highest BCUT2D eigenvalue weighted by molar-refractivity contribution is 5.32. The van der Waals surface area contributed by atoms with Crippen LogP contribution >= 0.6 is 0 Å². The number of fused-ring (bicyclic) bond motifs is 2. The number of rotatable bonds is 3. The van der Waals surface area contributed by atoms with Gasteiger partial charge in [-0.2, -0.15) is 13.2 Å². The minimum absolute atomic E-state index is 0.0724. The summed E-state index contributed by atoms with van der Waals surface area (Å²) < 4.78 is 58.7. The Morgan fingerprint density at radius 1 is 1.04 bits per heavy atom. The monoisotopic (exact) mass is 395 g/mol. The minimum Gasteiger partial charge on any atom is -0.385 e. The lowest BCUT2D eigenvalue weighted by Crippen LogP contribution is -2.60. The van der Waals surface area contributed by atoms with E-state index in [9.17, 15) is 22.7 Å². The summed E-state index contributed by atoms with van der Waals surface area (Å²) >= 11 is 0. The molecule has 0 radical (unpaired) electrons. The van der Waals surface area contributed by atoms with Gasteiger partial charge in [0.05, 0.1) is 24.4 Å². The van der Waals surface area contributed by atoms with Crippen LogP contribution in [0.4, 0.5) is 17.6 Å². The van der Waals surface area contributed by atoms with Gasteiger partial charge in [0.25, 0.3) is 0 Å². The van der Waals surface area contributed by atoms with Crippen LogP contribution in [-0.2, 0) is 23.1 Å². The molecule has 3 nitrogen and oxygen atoms in total. The first kappa shape index (κ1) is 19.4. The van der Waals surface area contributed by atoms with Crippen molar-refractivity contribution in [2.24, 2.45) is 0 Å². The molecule has 2 aromatic rings. The van der Waals surface area contributed by atoms with Gasteiger partial charge in [-0.05, 0) is 30.5 Å². The average Bonchev–Trinajstić information content (AvgIpc) is 2.62. The van der Waals surface area contributed by atoms with Crippen molar-refractivity contribution in [3.63, 3.8) is 0 Å². The predicted molar refractivity (Wildman–Crippen MR) is 94.9 cm³/mol. The van der Waals surface area contributed by atoms with Gasteiger partial charge >= 0.3 is 6.18 Å². The predicted octanol–water partition coefficient (Wildman–Crippen LogP) is 4.10. The number of alkyl halides is 3.